The van der Waals surface area contributed by atoms with E-state index in [1.807, 2.05) is 30.0 Å². The van der Waals surface area contributed by atoms with Crippen LogP contribution in [-0.4, -0.2) is 31.0 Å². The lowest BCUT2D eigenvalue weighted by Crippen LogP contribution is -2.35. The molecule has 2 N–H and O–H groups in total. The second kappa shape index (κ2) is 6.75. The number of amides is 1. The van der Waals surface area contributed by atoms with Crippen molar-refractivity contribution >= 4 is 5.91 Å². The minimum absolute atomic E-state index is 0.00575. The quantitative estimate of drug-likeness (QED) is 0.898. The molecule has 20 heavy (non-hydrogen) atoms. The third-order valence-corrected chi connectivity index (χ3v) is 4.04. The van der Waals surface area contributed by atoms with Crippen molar-refractivity contribution in [2.24, 2.45) is 11.7 Å². The van der Waals surface area contributed by atoms with Crippen molar-refractivity contribution < 1.29 is 9.53 Å². The number of rotatable bonds is 5. The van der Waals surface area contributed by atoms with Gasteiger partial charge in [-0.2, -0.15) is 0 Å². The average molecular weight is 276 g/mol. The summed E-state index contributed by atoms with van der Waals surface area (Å²) in [5, 5.41) is 0. The van der Waals surface area contributed by atoms with Crippen LogP contribution in [0.4, 0.5) is 0 Å². The molecule has 0 radical (unpaired) electrons. The summed E-state index contributed by atoms with van der Waals surface area (Å²) in [4.78, 5) is 14.5. The Balaban J connectivity index is 2.16. The van der Waals surface area contributed by atoms with Gasteiger partial charge in [-0.25, -0.2) is 0 Å². The summed E-state index contributed by atoms with van der Waals surface area (Å²) in [5.74, 6) is 1.07. The largest absolute Gasteiger partial charge is 0.497 e. The molecule has 1 aromatic rings. The van der Waals surface area contributed by atoms with Crippen molar-refractivity contribution in [2.75, 3.05) is 20.2 Å². The lowest BCUT2D eigenvalue weighted by Gasteiger charge is -2.28. The molecule has 1 amide bonds. The van der Waals surface area contributed by atoms with Gasteiger partial charge in [0.2, 0.25) is 5.91 Å². The molecule has 0 spiro atoms. The number of hydrogen-bond donors (Lipinski definition) is 1. The number of nitrogens with two attached hydrogens (primary N) is 1. The molecule has 1 aliphatic rings. The molecule has 0 bridgehead atoms. The fraction of sp³-hybridized carbons (Fsp3) is 0.562. The van der Waals surface area contributed by atoms with Crippen LogP contribution in [0, 0.1) is 5.92 Å². The van der Waals surface area contributed by atoms with E-state index in [1.54, 1.807) is 7.11 Å². The van der Waals surface area contributed by atoms with Crippen LogP contribution in [0.15, 0.2) is 24.3 Å². The van der Waals surface area contributed by atoms with E-state index in [-0.39, 0.29) is 17.9 Å². The number of ether oxygens (including phenoxy) is 1. The summed E-state index contributed by atoms with van der Waals surface area (Å²) < 4.78 is 5.28. The summed E-state index contributed by atoms with van der Waals surface area (Å²) in [6.07, 6.45) is 2.83. The van der Waals surface area contributed by atoms with Crippen molar-refractivity contribution in [3.05, 3.63) is 29.8 Å². The van der Waals surface area contributed by atoms with Gasteiger partial charge in [0.05, 0.1) is 13.2 Å². The predicted molar refractivity (Wildman–Crippen MR) is 79.5 cm³/mol. The molecule has 2 unspecified atom stereocenters. The van der Waals surface area contributed by atoms with Crippen LogP contribution >= 0.6 is 0 Å². The van der Waals surface area contributed by atoms with Crippen LogP contribution in [0.25, 0.3) is 0 Å². The Labute approximate surface area is 120 Å². The van der Waals surface area contributed by atoms with Gasteiger partial charge in [0, 0.05) is 12.5 Å². The van der Waals surface area contributed by atoms with E-state index in [4.69, 9.17) is 10.5 Å². The highest BCUT2D eigenvalue weighted by atomic mass is 16.5. The number of benzene rings is 1. The zero-order chi connectivity index (χ0) is 14.5. The number of carbonyl (C=O) groups is 1. The molecule has 110 valence electrons. The highest BCUT2D eigenvalue weighted by molar-refractivity contribution is 5.79. The van der Waals surface area contributed by atoms with Crippen LogP contribution in [0.2, 0.25) is 0 Å². The highest BCUT2D eigenvalue weighted by Gasteiger charge is 2.32. The molecule has 0 saturated carbocycles. The molecule has 1 saturated heterocycles. The van der Waals surface area contributed by atoms with Gasteiger partial charge < -0.3 is 15.4 Å². The van der Waals surface area contributed by atoms with Crippen LogP contribution in [0.5, 0.6) is 5.75 Å². The first-order valence-electron chi connectivity index (χ1n) is 7.32. The van der Waals surface area contributed by atoms with Crippen molar-refractivity contribution in [1.82, 2.24) is 4.90 Å². The van der Waals surface area contributed by atoms with Crippen molar-refractivity contribution in [1.29, 1.82) is 0 Å². The number of carbonyl (C=O) groups excluding carboxylic acids is 1. The highest BCUT2D eigenvalue weighted by Crippen LogP contribution is 2.34. The number of likely N-dealkylation sites (tertiary alicyclic amines) is 1. The lowest BCUT2D eigenvalue weighted by atomic mass is 10.0. The Hall–Kier alpha value is -1.55. The van der Waals surface area contributed by atoms with Crippen LogP contribution in [0.1, 0.15) is 37.8 Å². The van der Waals surface area contributed by atoms with E-state index >= 15 is 0 Å². The molecule has 4 heteroatoms. The SMILES string of the molecule is COc1cccc(C2CCCN2C(=O)C(C)CCN)c1. The molecule has 0 aromatic heterocycles. The first-order chi connectivity index (χ1) is 9.67. The van der Waals surface area contributed by atoms with Crippen molar-refractivity contribution in [2.45, 2.75) is 32.2 Å². The first-order valence-corrected chi connectivity index (χ1v) is 7.32. The van der Waals surface area contributed by atoms with Crippen molar-refractivity contribution in [3.8, 4) is 5.75 Å². The normalized spacial score (nSPS) is 19.9. The fourth-order valence-corrected chi connectivity index (χ4v) is 2.88. The second-order valence-electron chi connectivity index (χ2n) is 5.44. The summed E-state index contributed by atoms with van der Waals surface area (Å²) >= 11 is 0. The summed E-state index contributed by atoms with van der Waals surface area (Å²) in [7, 11) is 1.67. The Bertz CT molecular complexity index is 462. The monoisotopic (exact) mass is 276 g/mol. The number of hydrogen-bond acceptors (Lipinski definition) is 3. The number of methoxy groups -OCH3 is 1. The molecule has 2 atom stereocenters. The Morgan fingerprint density at radius 2 is 2.35 bits per heavy atom. The second-order valence-corrected chi connectivity index (χ2v) is 5.44. The third kappa shape index (κ3) is 3.12. The van der Waals surface area contributed by atoms with Gasteiger partial charge in [-0.3, -0.25) is 4.79 Å². The van der Waals surface area contributed by atoms with E-state index in [0.29, 0.717) is 6.54 Å². The minimum atomic E-state index is 0.00575. The smallest absolute Gasteiger partial charge is 0.225 e. The van der Waals surface area contributed by atoms with Gasteiger partial charge in [-0.05, 0) is 43.5 Å². The van der Waals surface area contributed by atoms with Gasteiger partial charge in [-0.15, -0.1) is 0 Å². The Kier molecular flexibility index (Phi) is 5.01. The topological polar surface area (TPSA) is 55.6 Å². The minimum Gasteiger partial charge on any atom is -0.497 e. The van der Waals surface area contributed by atoms with Crippen LogP contribution in [0.3, 0.4) is 0 Å². The van der Waals surface area contributed by atoms with E-state index in [9.17, 15) is 4.79 Å². The molecule has 1 aliphatic heterocycles. The maximum absolute atomic E-state index is 12.5. The standard InChI is InChI=1S/C16H24N2O2/c1-12(8-9-17)16(19)18-10-4-7-15(18)13-5-3-6-14(11-13)20-2/h3,5-6,11-12,15H,4,7-10,17H2,1-2H3. The fourth-order valence-electron chi connectivity index (χ4n) is 2.88. The van der Waals surface area contributed by atoms with Gasteiger partial charge in [-0.1, -0.05) is 19.1 Å². The van der Waals surface area contributed by atoms with Gasteiger partial charge >= 0.3 is 0 Å². The molecular weight excluding hydrogens is 252 g/mol. The molecular formula is C16H24N2O2. The first kappa shape index (κ1) is 14.9. The molecule has 1 aromatic carbocycles. The van der Waals surface area contributed by atoms with E-state index < -0.39 is 0 Å². The van der Waals surface area contributed by atoms with Gasteiger partial charge in [0.1, 0.15) is 5.75 Å². The summed E-state index contributed by atoms with van der Waals surface area (Å²) in [6.45, 7) is 3.37. The summed E-state index contributed by atoms with van der Waals surface area (Å²) in [5.41, 5.74) is 6.72. The van der Waals surface area contributed by atoms with E-state index in [0.717, 1.165) is 37.1 Å². The van der Waals surface area contributed by atoms with Crippen LogP contribution < -0.4 is 10.5 Å². The van der Waals surface area contributed by atoms with Crippen LogP contribution in [-0.2, 0) is 4.79 Å². The molecule has 2 rings (SSSR count). The predicted octanol–water partition coefficient (Wildman–Crippen LogP) is 2.34. The van der Waals surface area contributed by atoms with Crippen molar-refractivity contribution in [3.63, 3.8) is 0 Å². The average Bonchev–Trinajstić information content (AvgIpc) is 2.96. The molecule has 0 aliphatic carbocycles. The van der Waals surface area contributed by atoms with Gasteiger partial charge in [0.15, 0.2) is 0 Å². The van der Waals surface area contributed by atoms with Gasteiger partial charge in [0.25, 0.3) is 0 Å². The maximum Gasteiger partial charge on any atom is 0.225 e. The Morgan fingerprint density at radius 3 is 3.05 bits per heavy atom. The molecule has 1 heterocycles. The summed E-state index contributed by atoms with van der Waals surface area (Å²) in [6, 6.07) is 8.20. The third-order valence-electron chi connectivity index (χ3n) is 4.04. The Morgan fingerprint density at radius 1 is 1.55 bits per heavy atom. The number of nitrogens with zero attached hydrogens (tertiary/aromatic N) is 1. The lowest BCUT2D eigenvalue weighted by molar-refractivity contribution is -0.136. The zero-order valence-electron chi connectivity index (χ0n) is 12.3. The van der Waals surface area contributed by atoms with E-state index in [2.05, 4.69) is 6.07 Å². The maximum atomic E-state index is 12.5. The molecule has 4 nitrogen and oxygen atoms in total. The zero-order valence-corrected chi connectivity index (χ0v) is 12.3. The molecule has 1 fully saturated rings. The van der Waals surface area contributed by atoms with E-state index in [1.165, 1.54) is 0 Å².